The van der Waals surface area contributed by atoms with E-state index in [1.807, 2.05) is 0 Å². The summed E-state index contributed by atoms with van der Waals surface area (Å²) in [5.41, 5.74) is 0.652. The number of aliphatic hydroxyl groups excluding tert-OH is 1. The highest BCUT2D eigenvalue weighted by Gasteiger charge is 2.35. The minimum absolute atomic E-state index is 0.0738. The van der Waals surface area contributed by atoms with Gasteiger partial charge in [-0.1, -0.05) is 6.07 Å². The summed E-state index contributed by atoms with van der Waals surface area (Å²) < 4.78 is 9.80. The molecule has 0 amide bonds. The fourth-order valence-corrected chi connectivity index (χ4v) is 2.04. The summed E-state index contributed by atoms with van der Waals surface area (Å²) in [4.78, 5) is 22.6. The first-order chi connectivity index (χ1) is 8.91. The number of benzene rings is 1. The smallest absolute Gasteiger partial charge is 0.342 e. The van der Waals surface area contributed by atoms with Gasteiger partial charge < -0.3 is 19.7 Å². The van der Waals surface area contributed by atoms with Gasteiger partial charge in [0.1, 0.15) is 30.1 Å². The normalized spacial score (nSPS) is 21.5. The fraction of sp³-hybridized carbons (Fsp3) is 0.385. The quantitative estimate of drug-likeness (QED) is 0.777. The number of aliphatic hydroxyl groups is 1. The minimum atomic E-state index is -1.06. The second-order valence-corrected chi connectivity index (χ2v) is 4.37. The van der Waals surface area contributed by atoms with Crippen molar-refractivity contribution in [2.24, 2.45) is 0 Å². The maximum absolute atomic E-state index is 11.8. The third-order valence-electron chi connectivity index (χ3n) is 2.98. The number of phenols is 1. The largest absolute Gasteiger partial charge is 0.507 e. The number of carbonyl (C=O) groups is 2. The summed E-state index contributed by atoms with van der Waals surface area (Å²) in [6.07, 6.45) is -1.79. The van der Waals surface area contributed by atoms with Gasteiger partial charge in [0, 0.05) is 12.5 Å². The number of esters is 2. The molecule has 0 radical (unpaired) electrons. The van der Waals surface area contributed by atoms with E-state index in [4.69, 9.17) is 9.47 Å². The van der Waals surface area contributed by atoms with E-state index in [9.17, 15) is 19.8 Å². The van der Waals surface area contributed by atoms with Gasteiger partial charge in [-0.25, -0.2) is 4.79 Å². The summed E-state index contributed by atoms with van der Waals surface area (Å²) in [5.74, 6) is -1.43. The highest BCUT2D eigenvalue weighted by atomic mass is 16.6. The molecule has 1 aromatic rings. The highest BCUT2D eigenvalue weighted by Crippen LogP contribution is 2.37. The van der Waals surface area contributed by atoms with Gasteiger partial charge >= 0.3 is 11.9 Å². The Morgan fingerprint density at radius 1 is 1.47 bits per heavy atom. The molecule has 1 aromatic carbocycles. The van der Waals surface area contributed by atoms with Crippen molar-refractivity contribution < 1.29 is 29.3 Å². The second kappa shape index (κ2) is 4.89. The maximum atomic E-state index is 11.8. The van der Waals surface area contributed by atoms with Gasteiger partial charge in [0.05, 0.1) is 0 Å². The number of hydrogen-bond acceptors (Lipinski definition) is 6. The number of cyclic esters (lactones) is 1. The Labute approximate surface area is 109 Å². The van der Waals surface area contributed by atoms with Crippen molar-refractivity contribution in [1.82, 2.24) is 0 Å². The lowest BCUT2D eigenvalue weighted by Gasteiger charge is -2.29. The number of rotatable bonds is 2. The van der Waals surface area contributed by atoms with Gasteiger partial charge in [-0.3, -0.25) is 4.79 Å². The van der Waals surface area contributed by atoms with Crippen LogP contribution in [0.5, 0.6) is 5.75 Å². The molecule has 1 aliphatic heterocycles. The summed E-state index contributed by atoms with van der Waals surface area (Å²) in [7, 11) is 0. The molecule has 0 bridgehead atoms. The lowest BCUT2D eigenvalue weighted by atomic mass is 9.91. The predicted octanol–water partition coefficient (Wildman–Crippen LogP) is 1.05. The standard InChI is InChI=1S/C13H14O6/c1-6-12(16)10-8(5-18-7(2)14)3-4-9(15)11(10)13(17)19-6/h3-4,6,12,15-16H,5H2,1-2H3/t6-,12-/m1/s1. The average Bonchev–Trinajstić information content (AvgIpc) is 2.34. The first kappa shape index (κ1) is 13.4. The molecule has 1 heterocycles. The molecule has 0 saturated carbocycles. The summed E-state index contributed by atoms with van der Waals surface area (Å²) in [6.45, 7) is 2.74. The third kappa shape index (κ3) is 2.39. The van der Waals surface area contributed by atoms with E-state index in [1.54, 1.807) is 6.92 Å². The fourth-order valence-electron chi connectivity index (χ4n) is 2.04. The molecule has 2 rings (SSSR count). The Morgan fingerprint density at radius 3 is 2.79 bits per heavy atom. The minimum Gasteiger partial charge on any atom is -0.507 e. The van der Waals surface area contributed by atoms with Crippen molar-refractivity contribution in [1.29, 1.82) is 0 Å². The van der Waals surface area contributed by atoms with Gasteiger partial charge in [0.25, 0.3) is 0 Å². The monoisotopic (exact) mass is 266 g/mol. The Morgan fingerprint density at radius 2 is 2.16 bits per heavy atom. The van der Waals surface area contributed by atoms with Crippen LogP contribution < -0.4 is 0 Å². The Kier molecular flexibility index (Phi) is 3.44. The van der Waals surface area contributed by atoms with Crippen molar-refractivity contribution in [2.75, 3.05) is 0 Å². The Bertz CT molecular complexity index is 536. The number of aromatic hydroxyl groups is 1. The molecule has 0 aromatic heterocycles. The third-order valence-corrected chi connectivity index (χ3v) is 2.98. The predicted molar refractivity (Wildman–Crippen MR) is 63.4 cm³/mol. The molecule has 6 heteroatoms. The number of phenolic OH excluding ortho intramolecular Hbond substituents is 1. The average molecular weight is 266 g/mol. The molecule has 0 aliphatic carbocycles. The molecule has 102 valence electrons. The van der Waals surface area contributed by atoms with Gasteiger partial charge in [-0.2, -0.15) is 0 Å². The van der Waals surface area contributed by atoms with Crippen molar-refractivity contribution in [2.45, 2.75) is 32.7 Å². The first-order valence-electron chi connectivity index (χ1n) is 5.79. The molecule has 1 aliphatic rings. The van der Waals surface area contributed by atoms with Crippen LogP contribution in [0.25, 0.3) is 0 Å². The maximum Gasteiger partial charge on any atom is 0.342 e. The van der Waals surface area contributed by atoms with Crippen molar-refractivity contribution in [3.05, 3.63) is 28.8 Å². The van der Waals surface area contributed by atoms with Crippen LogP contribution in [0.15, 0.2) is 12.1 Å². The molecule has 6 nitrogen and oxygen atoms in total. The molecule has 2 N–H and O–H groups in total. The highest BCUT2D eigenvalue weighted by molar-refractivity contribution is 5.95. The summed E-state index contributed by atoms with van der Waals surface area (Å²) in [6, 6.07) is 2.81. The van der Waals surface area contributed by atoms with E-state index in [2.05, 4.69) is 0 Å². The molecule has 0 saturated heterocycles. The van der Waals surface area contributed by atoms with E-state index in [-0.39, 0.29) is 23.5 Å². The van der Waals surface area contributed by atoms with E-state index in [0.717, 1.165) is 0 Å². The van der Waals surface area contributed by atoms with Gasteiger partial charge in [0.15, 0.2) is 0 Å². The number of ether oxygens (including phenoxy) is 2. The van der Waals surface area contributed by atoms with Crippen LogP contribution in [0.2, 0.25) is 0 Å². The van der Waals surface area contributed by atoms with Crippen LogP contribution >= 0.6 is 0 Å². The zero-order valence-corrected chi connectivity index (χ0v) is 10.5. The molecular formula is C13H14O6. The van der Waals surface area contributed by atoms with Crippen LogP contribution in [0.3, 0.4) is 0 Å². The topological polar surface area (TPSA) is 93.1 Å². The lowest BCUT2D eigenvalue weighted by Crippen LogP contribution is -2.31. The molecule has 0 unspecified atom stereocenters. The van der Waals surface area contributed by atoms with Crippen molar-refractivity contribution in [3.63, 3.8) is 0 Å². The molecular weight excluding hydrogens is 252 g/mol. The van der Waals surface area contributed by atoms with Gasteiger partial charge in [-0.05, 0) is 18.6 Å². The van der Waals surface area contributed by atoms with E-state index >= 15 is 0 Å². The van der Waals surface area contributed by atoms with Crippen molar-refractivity contribution in [3.8, 4) is 5.75 Å². The molecule has 0 spiro atoms. The summed E-state index contributed by atoms with van der Waals surface area (Å²) in [5, 5.41) is 19.8. The lowest BCUT2D eigenvalue weighted by molar-refractivity contribution is -0.142. The number of carbonyl (C=O) groups excluding carboxylic acids is 2. The first-order valence-corrected chi connectivity index (χ1v) is 5.79. The Balaban J connectivity index is 2.50. The second-order valence-electron chi connectivity index (χ2n) is 4.37. The SMILES string of the molecule is CC(=O)OCc1ccc(O)c2c1[C@H](O)[C@@H](C)OC2=O. The Hall–Kier alpha value is -2.08. The van der Waals surface area contributed by atoms with Crippen LogP contribution in [0.4, 0.5) is 0 Å². The molecule has 2 atom stereocenters. The van der Waals surface area contributed by atoms with E-state index in [1.165, 1.54) is 19.1 Å². The summed E-state index contributed by atoms with van der Waals surface area (Å²) >= 11 is 0. The van der Waals surface area contributed by atoms with Crippen LogP contribution in [-0.4, -0.2) is 28.3 Å². The zero-order valence-electron chi connectivity index (χ0n) is 10.5. The van der Waals surface area contributed by atoms with Crippen LogP contribution in [0.1, 0.15) is 41.4 Å². The molecule has 19 heavy (non-hydrogen) atoms. The van der Waals surface area contributed by atoms with E-state index in [0.29, 0.717) is 5.56 Å². The zero-order chi connectivity index (χ0) is 14.2. The molecule has 0 fully saturated rings. The number of fused-ring (bicyclic) bond motifs is 1. The van der Waals surface area contributed by atoms with Crippen molar-refractivity contribution >= 4 is 11.9 Å². The van der Waals surface area contributed by atoms with Gasteiger partial charge in [-0.15, -0.1) is 0 Å². The number of hydrogen-bond donors (Lipinski definition) is 2. The van der Waals surface area contributed by atoms with Crippen LogP contribution in [-0.2, 0) is 20.9 Å². The van der Waals surface area contributed by atoms with Gasteiger partial charge in [0.2, 0.25) is 0 Å². The van der Waals surface area contributed by atoms with E-state index < -0.39 is 24.1 Å². The van der Waals surface area contributed by atoms with Crippen LogP contribution in [0, 0.1) is 0 Å².